The van der Waals surface area contributed by atoms with E-state index >= 15 is 0 Å². The zero-order chi connectivity index (χ0) is 17.2. The lowest BCUT2D eigenvalue weighted by atomic mass is 10.3. The molecule has 0 aliphatic rings. The number of carbonyl (C=O) groups is 1. The van der Waals surface area contributed by atoms with E-state index in [9.17, 15) is 14.3 Å². The number of unbranched alkanes of at least 4 members (excludes halogenated alkanes) is 1. The van der Waals surface area contributed by atoms with Crippen molar-refractivity contribution in [2.24, 2.45) is 0 Å². The molecule has 0 aliphatic carbocycles. The lowest BCUT2D eigenvalue weighted by Gasteiger charge is -2.25. The summed E-state index contributed by atoms with van der Waals surface area (Å²) in [6, 6.07) is 0. The fourth-order valence-electron chi connectivity index (χ4n) is 1.50. The summed E-state index contributed by atoms with van der Waals surface area (Å²) in [5, 5.41) is 2.59. The third-order valence-electron chi connectivity index (χ3n) is 2.72. The Morgan fingerprint density at radius 1 is 1.18 bits per heavy atom. The zero-order valence-corrected chi connectivity index (χ0v) is 15.0. The Bertz CT molecular complexity index is 407. The molecule has 22 heavy (non-hydrogen) atoms. The van der Waals surface area contributed by atoms with Crippen molar-refractivity contribution in [3.8, 4) is 0 Å². The summed E-state index contributed by atoms with van der Waals surface area (Å²) in [6.45, 7) is 6.50. The van der Waals surface area contributed by atoms with Crippen LogP contribution in [0.2, 0.25) is 0 Å². The van der Waals surface area contributed by atoms with E-state index in [0.29, 0.717) is 25.0 Å². The first-order chi connectivity index (χ1) is 10.0. The van der Waals surface area contributed by atoms with Crippen LogP contribution in [0.1, 0.15) is 26.2 Å². The Hall–Kier alpha value is -0.720. The van der Waals surface area contributed by atoms with Crippen LogP contribution in [0.5, 0.6) is 0 Å². The maximum atomic E-state index is 11.5. The lowest BCUT2D eigenvalue weighted by Crippen LogP contribution is -2.35. The summed E-state index contributed by atoms with van der Waals surface area (Å²) in [5.74, 6) is -0.251. The highest BCUT2D eigenvalue weighted by molar-refractivity contribution is 7.45. The van der Waals surface area contributed by atoms with Crippen LogP contribution >= 0.6 is 7.82 Å². The average molecular weight is 336 g/mol. The molecule has 1 amide bonds. The SMILES string of the molecule is C=C(C)C(=O)NCCCOP(=O)([O-])OCCCC[N+](C)(C)C. The highest BCUT2D eigenvalue weighted by Gasteiger charge is 2.10. The summed E-state index contributed by atoms with van der Waals surface area (Å²) in [5.41, 5.74) is 0.410. The molecule has 0 aromatic heterocycles. The molecule has 7 nitrogen and oxygen atoms in total. The van der Waals surface area contributed by atoms with Gasteiger partial charge in [-0.25, -0.2) is 0 Å². The number of nitrogens with one attached hydrogen (secondary N) is 1. The molecule has 1 unspecified atom stereocenters. The second-order valence-corrected chi connectivity index (χ2v) is 7.64. The van der Waals surface area contributed by atoms with Crippen LogP contribution in [0.4, 0.5) is 0 Å². The number of hydrogen-bond acceptors (Lipinski definition) is 5. The fraction of sp³-hybridized carbons (Fsp3) is 0.786. The molecule has 8 heteroatoms. The van der Waals surface area contributed by atoms with Gasteiger partial charge in [0.15, 0.2) is 0 Å². The summed E-state index contributed by atoms with van der Waals surface area (Å²) in [6.07, 6.45) is 1.94. The predicted octanol–water partition coefficient (Wildman–Crippen LogP) is 1.06. The first kappa shape index (κ1) is 21.3. The molecule has 0 fully saturated rings. The molecule has 1 atom stereocenters. The van der Waals surface area contributed by atoms with Gasteiger partial charge in [0.25, 0.3) is 7.82 Å². The van der Waals surface area contributed by atoms with Gasteiger partial charge in [-0.2, -0.15) is 0 Å². The van der Waals surface area contributed by atoms with E-state index in [1.807, 2.05) is 0 Å². The lowest BCUT2D eigenvalue weighted by molar-refractivity contribution is -0.870. The molecule has 0 aromatic carbocycles. The van der Waals surface area contributed by atoms with Crippen molar-refractivity contribution in [1.29, 1.82) is 0 Å². The van der Waals surface area contributed by atoms with Crippen molar-refractivity contribution in [3.05, 3.63) is 12.2 Å². The maximum absolute atomic E-state index is 11.5. The fourth-order valence-corrected chi connectivity index (χ4v) is 2.28. The van der Waals surface area contributed by atoms with E-state index in [-0.39, 0.29) is 19.1 Å². The molecular weight excluding hydrogens is 307 g/mol. The Kier molecular flexibility index (Phi) is 9.80. The Morgan fingerprint density at radius 2 is 1.73 bits per heavy atom. The first-order valence-electron chi connectivity index (χ1n) is 7.38. The van der Waals surface area contributed by atoms with Gasteiger partial charge in [0.1, 0.15) is 0 Å². The van der Waals surface area contributed by atoms with Gasteiger partial charge in [-0.15, -0.1) is 0 Å². The number of hydrogen-bond donors (Lipinski definition) is 1. The molecule has 0 saturated heterocycles. The number of nitrogens with zero attached hydrogens (tertiary/aromatic N) is 1. The van der Waals surface area contributed by atoms with Crippen molar-refractivity contribution in [2.45, 2.75) is 26.2 Å². The van der Waals surface area contributed by atoms with Gasteiger partial charge in [-0.1, -0.05) is 6.58 Å². The molecule has 0 rings (SSSR count). The quantitative estimate of drug-likeness (QED) is 0.249. The molecular formula is C14H29N2O5P. The molecule has 0 aliphatic heterocycles. The summed E-state index contributed by atoms with van der Waals surface area (Å²) in [7, 11) is 1.99. The Morgan fingerprint density at radius 3 is 2.23 bits per heavy atom. The summed E-state index contributed by atoms with van der Waals surface area (Å²) < 4.78 is 21.8. The second kappa shape index (κ2) is 10.1. The van der Waals surface area contributed by atoms with Crippen LogP contribution in [-0.2, 0) is 18.4 Å². The van der Waals surface area contributed by atoms with E-state index in [2.05, 4.69) is 33.0 Å². The van der Waals surface area contributed by atoms with E-state index in [1.54, 1.807) is 6.92 Å². The Labute approximate surface area is 133 Å². The number of quaternary nitrogens is 1. The van der Waals surface area contributed by atoms with Crippen LogP contribution in [-0.4, -0.2) is 57.8 Å². The first-order valence-corrected chi connectivity index (χ1v) is 8.84. The standard InChI is InChI=1S/C14H29N2O5P/c1-13(2)14(17)15-9-8-12-21-22(18,19)20-11-7-6-10-16(3,4)5/h1,6-12H2,2-5H3,(H-,15,17,18,19). The maximum Gasteiger partial charge on any atom is 0.267 e. The van der Waals surface area contributed by atoms with E-state index < -0.39 is 7.82 Å². The Balaban J connectivity index is 3.67. The monoisotopic (exact) mass is 336 g/mol. The molecule has 130 valence electrons. The normalized spacial score (nSPS) is 14.4. The highest BCUT2D eigenvalue weighted by atomic mass is 31.2. The van der Waals surface area contributed by atoms with E-state index in [1.165, 1.54) is 0 Å². The zero-order valence-electron chi connectivity index (χ0n) is 14.1. The van der Waals surface area contributed by atoms with Crippen molar-refractivity contribution < 1.29 is 27.8 Å². The minimum atomic E-state index is -4.24. The number of amides is 1. The molecule has 0 bridgehead atoms. The number of phosphoric ester groups is 1. The number of carbonyl (C=O) groups excluding carboxylic acids is 1. The largest absolute Gasteiger partial charge is 0.756 e. The van der Waals surface area contributed by atoms with Gasteiger partial charge in [-0.3, -0.25) is 9.36 Å². The van der Waals surface area contributed by atoms with Crippen LogP contribution < -0.4 is 10.2 Å². The van der Waals surface area contributed by atoms with Crippen molar-refractivity contribution in [2.75, 3.05) is 47.4 Å². The van der Waals surface area contributed by atoms with Gasteiger partial charge in [-0.05, 0) is 26.2 Å². The van der Waals surface area contributed by atoms with Gasteiger partial charge in [0.2, 0.25) is 5.91 Å². The van der Waals surface area contributed by atoms with Crippen LogP contribution in [0.25, 0.3) is 0 Å². The molecule has 0 spiro atoms. The average Bonchev–Trinajstić information content (AvgIpc) is 2.35. The van der Waals surface area contributed by atoms with Gasteiger partial charge >= 0.3 is 0 Å². The minimum Gasteiger partial charge on any atom is -0.756 e. The topological polar surface area (TPSA) is 87.7 Å². The number of phosphoric acid groups is 1. The minimum absolute atomic E-state index is 0.0177. The van der Waals surface area contributed by atoms with Gasteiger partial charge < -0.3 is 23.7 Å². The van der Waals surface area contributed by atoms with E-state index in [4.69, 9.17) is 9.05 Å². The van der Waals surface area contributed by atoms with Crippen molar-refractivity contribution >= 4 is 13.7 Å². The molecule has 0 heterocycles. The molecule has 1 N–H and O–H groups in total. The smallest absolute Gasteiger partial charge is 0.267 e. The highest BCUT2D eigenvalue weighted by Crippen LogP contribution is 2.38. The third-order valence-corrected chi connectivity index (χ3v) is 3.71. The van der Waals surface area contributed by atoms with Crippen LogP contribution in [0.15, 0.2) is 12.2 Å². The summed E-state index contributed by atoms with van der Waals surface area (Å²) in [4.78, 5) is 22.7. The summed E-state index contributed by atoms with van der Waals surface area (Å²) >= 11 is 0. The number of rotatable bonds is 12. The molecule has 0 aromatic rings. The van der Waals surface area contributed by atoms with Crippen LogP contribution in [0.3, 0.4) is 0 Å². The second-order valence-electron chi connectivity index (χ2n) is 6.22. The third kappa shape index (κ3) is 13.0. The molecule has 0 saturated carbocycles. The van der Waals surface area contributed by atoms with Crippen LogP contribution in [0, 0.1) is 0 Å². The van der Waals surface area contributed by atoms with Crippen molar-refractivity contribution in [1.82, 2.24) is 5.32 Å². The van der Waals surface area contributed by atoms with Gasteiger partial charge in [0, 0.05) is 12.1 Å². The van der Waals surface area contributed by atoms with Gasteiger partial charge in [0.05, 0.1) is 40.9 Å². The molecule has 0 radical (unpaired) electrons. The predicted molar refractivity (Wildman–Crippen MR) is 84.1 cm³/mol. The van der Waals surface area contributed by atoms with E-state index in [0.717, 1.165) is 17.4 Å². The van der Waals surface area contributed by atoms with Crippen molar-refractivity contribution in [3.63, 3.8) is 0 Å².